The first-order valence-corrected chi connectivity index (χ1v) is 9.73. The quantitative estimate of drug-likeness (QED) is 0.666. The summed E-state index contributed by atoms with van der Waals surface area (Å²) in [6, 6.07) is 16.9. The Morgan fingerprint density at radius 3 is 2.76 bits per heavy atom. The van der Waals surface area contributed by atoms with E-state index in [2.05, 4.69) is 40.7 Å². The van der Waals surface area contributed by atoms with Gasteiger partial charge in [0, 0.05) is 11.0 Å². The van der Waals surface area contributed by atoms with Gasteiger partial charge >= 0.3 is 0 Å². The van der Waals surface area contributed by atoms with Crippen LogP contribution in [0.4, 0.5) is 5.82 Å². The number of anilines is 1. The lowest BCUT2D eigenvalue weighted by atomic mass is 10.1. The molecule has 1 heterocycles. The minimum atomic E-state index is 0.0119. The van der Waals surface area contributed by atoms with Crippen molar-refractivity contribution in [2.75, 3.05) is 11.1 Å². The monoisotopic (exact) mass is 351 g/mol. The third kappa shape index (κ3) is 3.71. The molecule has 0 bridgehead atoms. The number of thioether (sulfide) groups is 1. The van der Waals surface area contributed by atoms with Crippen molar-refractivity contribution >= 4 is 34.3 Å². The molecule has 4 nitrogen and oxygen atoms in total. The average Bonchev–Trinajstić information content (AvgIpc) is 3.31. The lowest BCUT2D eigenvalue weighted by molar-refractivity contribution is -0.113. The molecule has 0 aliphatic heterocycles. The maximum Gasteiger partial charge on any atom is 0.235 e. The second-order valence-electron chi connectivity index (χ2n) is 6.45. The number of carbonyl (C=O) groups is 1. The number of amides is 1. The standard InChI is InChI=1S/C20H21N3OS/c24-20(22-19-11-12-21-23(19)17-7-3-4-8-17)14-25-18-10-9-15-5-1-2-6-16(15)13-18/h1-2,5-6,9-13,17H,3-4,7-8,14H2,(H,22,24). The van der Waals surface area contributed by atoms with E-state index < -0.39 is 0 Å². The number of nitrogens with zero attached hydrogens (tertiary/aromatic N) is 2. The van der Waals surface area contributed by atoms with E-state index in [1.54, 1.807) is 18.0 Å². The maximum absolute atomic E-state index is 12.3. The van der Waals surface area contributed by atoms with E-state index in [-0.39, 0.29) is 5.91 Å². The SMILES string of the molecule is O=C(CSc1ccc2ccccc2c1)Nc1ccnn1C1CCCC1. The van der Waals surface area contributed by atoms with Crippen LogP contribution in [0.3, 0.4) is 0 Å². The van der Waals surface area contributed by atoms with Crippen LogP contribution in [-0.2, 0) is 4.79 Å². The number of fused-ring (bicyclic) bond motifs is 1. The summed E-state index contributed by atoms with van der Waals surface area (Å²) < 4.78 is 1.98. The Hall–Kier alpha value is -2.27. The summed E-state index contributed by atoms with van der Waals surface area (Å²) in [6.45, 7) is 0. The number of nitrogens with one attached hydrogen (secondary N) is 1. The fourth-order valence-corrected chi connectivity index (χ4v) is 4.18. The molecule has 0 atom stereocenters. The van der Waals surface area contributed by atoms with Gasteiger partial charge in [-0.1, -0.05) is 43.2 Å². The lowest BCUT2D eigenvalue weighted by Gasteiger charge is -2.14. The van der Waals surface area contributed by atoms with Gasteiger partial charge in [0.15, 0.2) is 0 Å². The summed E-state index contributed by atoms with van der Waals surface area (Å²) in [5.74, 6) is 1.22. The van der Waals surface area contributed by atoms with Crippen LogP contribution in [0.5, 0.6) is 0 Å². The molecule has 1 amide bonds. The highest BCUT2D eigenvalue weighted by molar-refractivity contribution is 8.00. The first-order chi connectivity index (χ1) is 12.3. The molecule has 2 aromatic carbocycles. The van der Waals surface area contributed by atoms with Gasteiger partial charge in [0.25, 0.3) is 0 Å². The maximum atomic E-state index is 12.3. The Kier molecular flexibility index (Phi) is 4.74. The molecule has 1 aromatic heterocycles. The van der Waals surface area contributed by atoms with E-state index in [0.717, 1.165) is 23.6 Å². The van der Waals surface area contributed by atoms with Gasteiger partial charge < -0.3 is 5.32 Å². The zero-order chi connectivity index (χ0) is 17.1. The smallest absolute Gasteiger partial charge is 0.235 e. The van der Waals surface area contributed by atoms with Crippen LogP contribution < -0.4 is 5.32 Å². The molecule has 4 rings (SSSR count). The Labute approximate surface area is 151 Å². The van der Waals surface area contributed by atoms with E-state index in [1.165, 1.54) is 23.6 Å². The van der Waals surface area contributed by atoms with Crippen molar-refractivity contribution in [3.8, 4) is 0 Å². The second-order valence-corrected chi connectivity index (χ2v) is 7.49. The highest BCUT2D eigenvalue weighted by Gasteiger charge is 2.20. The molecule has 1 N–H and O–H groups in total. The van der Waals surface area contributed by atoms with Crippen molar-refractivity contribution < 1.29 is 4.79 Å². The number of hydrogen-bond donors (Lipinski definition) is 1. The molecular weight excluding hydrogens is 330 g/mol. The largest absolute Gasteiger partial charge is 0.310 e. The number of benzene rings is 2. The van der Waals surface area contributed by atoms with E-state index >= 15 is 0 Å². The topological polar surface area (TPSA) is 46.9 Å². The van der Waals surface area contributed by atoms with Crippen molar-refractivity contribution in [2.24, 2.45) is 0 Å². The lowest BCUT2D eigenvalue weighted by Crippen LogP contribution is -2.19. The van der Waals surface area contributed by atoms with Crippen LogP contribution >= 0.6 is 11.8 Å². The van der Waals surface area contributed by atoms with Crippen molar-refractivity contribution in [3.63, 3.8) is 0 Å². The third-order valence-corrected chi connectivity index (χ3v) is 5.69. The van der Waals surface area contributed by atoms with E-state index in [0.29, 0.717) is 11.8 Å². The first kappa shape index (κ1) is 16.2. The Morgan fingerprint density at radius 2 is 1.92 bits per heavy atom. The Morgan fingerprint density at radius 1 is 1.12 bits per heavy atom. The van der Waals surface area contributed by atoms with Crippen molar-refractivity contribution in [2.45, 2.75) is 36.6 Å². The number of hydrogen-bond acceptors (Lipinski definition) is 3. The predicted octanol–water partition coefficient (Wildman–Crippen LogP) is 4.88. The van der Waals surface area contributed by atoms with Gasteiger partial charge in [0.05, 0.1) is 18.0 Å². The highest BCUT2D eigenvalue weighted by Crippen LogP contribution is 2.31. The normalized spacial score (nSPS) is 14.9. The van der Waals surface area contributed by atoms with Gasteiger partial charge in [-0.3, -0.25) is 4.79 Å². The van der Waals surface area contributed by atoms with Crippen molar-refractivity contribution in [3.05, 3.63) is 54.7 Å². The van der Waals surface area contributed by atoms with Gasteiger partial charge in [0.2, 0.25) is 5.91 Å². The molecule has 1 fully saturated rings. The summed E-state index contributed by atoms with van der Waals surface area (Å²) in [5, 5.41) is 9.83. The van der Waals surface area contributed by atoms with Gasteiger partial charge in [-0.15, -0.1) is 11.8 Å². The van der Waals surface area contributed by atoms with Gasteiger partial charge in [0.1, 0.15) is 5.82 Å². The summed E-state index contributed by atoms with van der Waals surface area (Å²) in [6.07, 6.45) is 6.56. The Bertz CT molecular complexity index is 883. The summed E-state index contributed by atoms with van der Waals surface area (Å²) in [4.78, 5) is 13.5. The zero-order valence-corrected chi connectivity index (χ0v) is 14.8. The van der Waals surface area contributed by atoms with Gasteiger partial charge in [-0.2, -0.15) is 5.10 Å². The van der Waals surface area contributed by atoms with Crippen LogP contribution in [0.2, 0.25) is 0 Å². The molecular formula is C20H21N3OS. The van der Waals surface area contributed by atoms with Crippen LogP contribution in [0, 0.1) is 0 Å². The number of carbonyl (C=O) groups excluding carboxylic acids is 1. The summed E-state index contributed by atoms with van der Waals surface area (Å²) in [7, 11) is 0. The number of aromatic nitrogens is 2. The summed E-state index contributed by atoms with van der Waals surface area (Å²) in [5.41, 5.74) is 0. The van der Waals surface area contributed by atoms with Crippen LogP contribution in [0.15, 0.2) is 59.6 Å². The highest BCUT2D eigenvalue weighted by atomic mass is 32.2. The molecule has 3 aromatic rings. The minimum absolute atomic E-state index is 0.0119. The zero-order valence-electron chi connectivity index (χ0n) is 14.0. The fourth-order valence-electron chi connectivity index (χ4n) is 3.44. The molecule has 0 saturated heterocycles. The average molecular weight is 351 g/mol. The minimum Gasteiger partial charge on any atom is -0.310 e. The van der Waals surface area contributed by atoms with E-state index in [9.17, 15) is 4.79 Å². The molecule has 1 saturated carbocycles. The summed E-state index contributed by atoms with van der Waals surface area (Å²) >= 11 is 1.56. The number of rotatable bonds is 5. The Balaban J connectivity index is 1.38. The predicted molar refractivity (Wildman–Crippen MR) is 103 cm³/mol. The van der Waals surface area contributed by atoms with Crippen molar-refractivity contribution in [1.29, 1.82) is 0 Å². The molecule has 0 unspecified atom stereocenters. The van der Waals surface area contributed by atoms with E-state index in [4.69, 9.17) is 0 Å². The molecule has 0 spiro atoms. The molecule has 0 radical (unpaired) electrons. The molecule has 1 aliphatic rings. The fraction of sp³-hybridized carbons (Fsp3) is 0.300. The van der Waals surface area contributed by atoms with Gasteiger partial charge in [-0.05, 0) is 35.7 Å². The molecule has 5 heteroatoms. The van der Waals surface area contributed by atoms with Gasteiger partial charge in [-0.25, -0.2) is 4.68 Å². The first-order valence-electron chi connectivity index (χ1n) is 8.74. The molecule has 128 valence electrons. The van der Waals surface area contributed by atoms with Crippen LogP contribution in [0.1, 0.15) is 31.7 Å². The third-order valence-electron chi connectivity index (χ3n) is 4.70. The van der Waals surface area contributed by atoms with E-state index in [1.807, 2.05) is 22.9 Å². The van der Waals surface area contributed by atoms with Crippen molar-refractivity contribution in [1.82, 2.24) is 9.78 Å². The molecule has 1 aliphatic carbocycles. The molecule has 25 heavy (non-hydrogen) atoms. The second kappa shape index (κ2) is 7.31. The van der Waals surface area contributed by atoms with Crippen LogP contribution in [0.25, 0.3) is 10.8 Å². The van der Waals surface area contributed by atoms with Crippen LogP contribution in [-0.4, -0.2) is 21.4 Å².